The Kier molecular flexibility index (Phi) is 3.82. The molecule has 0 spiro atoms. The molecule has 2 rings (SSSR count). The lowest BCUT2D eigenvalue weighted by Gasteiger charge is -2.13. The van der Waals surface area contributed by atoms with E-state index in [0.29, 0.717) is 5.95 Å². The summed E-state index contributed by atoms with van der Waals surface area (Å²) in [6, 6.07) is 1.97. The van der Waals surface area contributed by atoms with E-state index in [1.807, 2.05) is 18.5 Å². The molecule has 2 aromatic heterocycles. The monoisotopic (exact) mass is 245 g/mol. The first-order valence-corrected chi connectivity index (χ1v) is 6.29. The van der Waals surface area contributed by atoms with Crippen LogP contribution in [0.2, 0.25) is 0 Å². The van der Waals surface area contributed by atoms with Crippen LogP contribution in [-0.4, -0.2) is 21.5 Å². The first-order chi connectivity index (χ1) is 8.76. The Labute approximate surface area is 107 Å². The minimum Gasteiger partial charge on any atom is -0.383 e. The summed E-state index contributed by atoms with van der Waals surface area (Å²) in [4.78, 5) is 11.6. The van der Waals surface area contributed by atoms with Gasteiger partial charge in [0.2, 0.25) is 0 Å². The summed E-state index contributed by atoms with van der Waals surface area (Å²) in [7, 11) is 0. The van der Waals surface area contributed by atoms with E-state index in [-0.39, 0.29) is 0 Å². The maximum Gasteiger partial charge on any atom is 0.198 e. The van der Waals surface area contributed by atoms with Gasteiger partial charge in [0.05, 0.1) is 17.1 Å². The van der Waals surface area contributed by atoms with Crippen molar-refractivity contribution in [2.24, 2.45) is 0 Å². The average molecular weight is 245 g/mol. The Bertz CT molecular complexity index is 518. The van der Waals surface area contributed by atoms with Crippen LogP contribution in [0.4, 0.5) is 11.6 Å². The number of nitrogen functional groups attached to an aromatic ring is 1. The van der Waals surface area contributed by atoms with E-state index in [1.165, 1.54) is 0 Å². The van der Waals surface area contributed by atoms with Gasteiger partial charge in [-0.25, -0.2) is 4.98 Å². The molecule has 2 aromatic rings. The molecule has 0 unspecified atom stereocenters. The van der Waals surface area contributed by atoms with Gasteiger partial charge in [-0.3, -0.25) is 4.98 Å². The van der Waals surface area contributed by atoms with Gasteiger partial charge in [-0.2, -0.15) is 0 Å². The number of hydrogen-bond donors (Lipinski definition) is 3. The molecule has 0 fully saturated rings. The highest BCUT2D eigenvalue weighted by Crippen LogP contribution is 2.29. The van der Waals surface area contributed by atoms with Crippen molar-refractivity contribution in [3.05, 3.63) is 24.2 Å². The van der Waals surface area contributed by atoms with Gasteiger partial charge in [0, 0.05) is 24.5 Å². The Morgan fingerprint density at radius 1 is 1.39 bits per heavy atom. The first kappa shape index (κ1) is 12.4. The van der Waals surface area contributed by atoms with Gasteiger partial charge < -0.3 is 16.0 Å². The average Bonchev–Trinajstić information content (AvgIpc) is 2.82. The van der Waals surface area contributed by atoms with E-state index in [0.717, 1.165) is 42.0 Å². The topological polar surface area (TPSA) is 79.6 Å². The SMILES string of the molecule is CCCNc1c(-c2c[nH]c(N)n2)ccnc1CC. The largest absolute Gasteiger partial charge is 0.383 e. The number of H-pyrrole nitrogens is 1. The second-order valence-corrected chi connectivity index (χ2v) is 4.13. The molecule has 96 valence electrons. The molecule has 0 aliphatic heterocycles. The predicted molar refractivity (Wildman–Crippen MR) is 74.4 cm³/mol. The molecule has 4 N–H and O–H groups in total. The van der Waals surface area contributed by atoms with E-state index in [4.69, 9.17) is 5.73 Å². The molecule has 0 saturated heterocycles. The second-order valence-electron chi connectivity index (χ2n) is 4.13. The van der Waals surface area contributed by atoms with Crippen LogP contribution in [-0.2, 0) is 6.42 Å². The summed E-state index contributed by atoms with van der Waals surface area (Å²) < 4.78 is 0. The zero-order valence-corrected chi connectivity index (χ0v) is 10.8. The highest BCUT2D eigenvalue weighted by Gasteiger charge is 2.12. The van der Waals surface area contributed by atoms with E-state index in [1.54, 1.807) is 0 Å². The third-order valence-corrected chi connectivity index (χ3v) is 2.79. The van der Waals surface area contributed by atoms with Crippen molar-refractivity contribution in [3.63, 3.8) is 0 Å². The number of hydrogen-bond acceptors (Lipinski definition) is 4. The van der Waals surface area contributed by atoms with Crippen LogP contribution < -0.4 is 11.1 Å². The van der Waals surface area contributed by atoms with Crippen LogP contribution in [0, 0.1) is 0 Å². The molecule has 0 saturated carbocycles. The van der Waals surface area contributed by atoms with Crippen molar-refractivity contribution in [1.29, 1.82) is 0 Å². The Hall–Kier alpha value is -2.04. The van der Waals surface area contributed by atoms with Crippen molar-refractivity contribution < 1.29 is 0 Å². The molecule has 18 heavy (non-hydrogen) atoms. The van der Waals surface area contributed by atoms with Crippen LogP contribution in [0.3, 0.4) is 0 Å². The van der Waals surface area contributed by atoms with Gasteiger partial charge >= 0.3 is 0 Å². The summed E-state index contributed by atoms with van der Waals surface area (Å²) in [5.74, 6) is 0.432. The summed E-state index contributed by atoms with van der Waals surface area (Å²) in [5, 5.41) is 3.43. The smallest absolute Gasteiger partial charge is 0.198 e. The molecule has 0 amide bonds. The predicted octanol–water partition coefficient (Wildman–Crippen LogP) is 2.44. The summed E-state index contributed by atoms with van der Waals surface area (Å²) in [5.41, 5.74) is 9.65. The molecule has 0 aliphatic carbocycles. The van der Waals surface area contributed by atoms with Crippen LogP contribution >= 0.6 is 0 Å². The lowest BCUT2D eigenvalue weighted by Crippen LogP contribution is -2.06. The number of nitrogens with zero attached hydrogens (tertiary/aromatic N) is 2. The summed E-state index contributed by atoms with van der Waals surface area (Å²) >= 11 is 0. The number of anilines is 2. The molecule has 0 bridgehead atoms. The molecule has 0 radical (unpaired) electrons. The molecule has 0 aromatic carbocycles. The standard InChI is InChI=1S/C13H19N5/c1-3-6-16-12-9(5-7-15-10(12)4-2)11-8-17-13(14)18-11/h5,7-8,16H,3-4,6H2,1-2H3,(H3,14,17,18). The fourth-order valence-electron chi connectivity index (χ4n) is 1.91. The van der Waals surface area contributed by atoms with Gasteiger partial charge in [-0.1, -0.05) is 13.8 Å². The van der Waals surface area contributed by atoms with Crippen molar-refractivity contribution in [3.8, 4) is 11.3 Å². The minimum atomic E-state index is 0.432. The van der Waals surface area contributed by atoms with Crippen molar-refractivity contribution in [1.82, 2.24) is 15.0 Å². The number of rotatable bonds is 5. The zero-order chi connectivity index (χ0) is 13.0. The van der Waals surface area contributed by atoms with Crippen LogP contribution in [0.5, 0.6) is 0 Å². The van der Waals surface area contributed by atoms with Crippen LogP contribution in [0.15, 0.2) is 18.5 Å². The number of pyridine rings is 1. The highest BCUT2D eigenvalue weighted by atomic mass is 15.0. The lowest BCUT2D eigenvalue weighted by atomic mass is 10.1. The molecular weight excluding hydrogens is 226 g/mol. The fourth-order valence-corrected chi connectivity index (χ4v) is 1.91. The van der Waals surface area contributed by atoms with Crippen LogP contribution in [0.1, 0.15) is 26.0 Å². The third-order valence-electron chi connectivity index (χ3n) is 2.79. The van der Waals surface area contributed by atoms with Gasteiger partial charge in [0.15, 0.2) is 5.95 Å². The van der Waals surface area contributed by atoms with E-state index in [2.05, 4.69) is 34.1 Å². The normalized spacial score (nSPS) is 10.6. The van der Waals surface area contributed by atoms with Gasteiger partial charge in [0.1, 0.15) is 0 Å². The molecule has 0 atom stereocenters. The third kappa shape index (κ3) is 2.45. The van der Waals surface area contributed by atoms with Gasteiger partial charge in [0.25, 0.3) is 0 Å². The maximum atomic E-state index is 5.63. The van der Waals surface area contributed by atoms with Crippen molar-refractivity contribution >= 4 is 11.6 Å². The van der Waals surface area contributed by atoms with E-state index in [9.17, 15) is 0 Å². The highest BCUT2D eigenvalue weighted by molar-refractivity contribution is 5.77. The molecule has 5 nitrogen and oxygen atoms in total. The minimum absolute atomic E-state index is 0.432. The molecule has 2 heterocycles. The zero-order valence-electron chi connectivity index (χ0n) is 10.8. The lowest BCUT2D eigenvalue weighted by molar-refractivity contribution is 0.959. The maximum absolute atomic E-state index is 5.63. The van der Waals surface area contributed by atoms with Crippen molar-refractivity contribution in [2.75, 3.05) is 17.6 Å². The second kappa shape index (κ2) is 5.53. The Morgan fingerprint density at radius 3 is 2.83 bits per heavy atom. The number of aromatic amines is 1. The molecular formula is C13H19N5. The van der Waals surface area contributed by atoms with Gasteiger partial charge in [-0.05, 0) is 18.9 Å². The first-order valence-electron chi connectivity index (χ1n) is 6.29. The molecule has 0 aliphatic rings. The fraction of sp³-hybridized carbons (Fsp3) is 0.385. The van der Waals surface area contributed by atoms with Gasteiger partial charge in [-0.15, -0.1) is 0 Å². The quantitative estimate of drug-likeness (QED) is 0.756. The summed E-state index contributed by atoms with van der Waals surface area (Å²) in [6.45, 7) is 5.16. The van der Waals surface area contributed by atoms with Crippen molar-refractivity contribution in [2.45, 2.75) is 26.7 Å². The number of nitrogens with one attached hydrogen (secondary N) is 2. The number of aromatic nitrogens is 3. The number of nitrogens with two attached hydrogens (primary N) is 1. The Balaban J connectivity index is 2.45. The number of aryl methyl sites for hydroxylation is 1. The number of imidazole rings is 1. The Morgan fingerprint density at radius 2 is 2.22 bits per heavy atom. The van der Waals surface area contributed by atoms with E-state index < -0.39 is 0 Å². The van der Waals surface area contributed by atoms with E-state index >= 15 is 0 Å². The summed E-state index contributed by atoms with van der Waals surface area (Å²) in [6.07, 6.45) is 5.59. The van der Waals surface area contributed by atoms with Crippen LogP contribution in [0.25, 0.3) is 11.3 Å². The molecule has 5 heteroatoms.